The van der Waals surface area contributed by atoms with E-state index < -0.39 is 0 Å². The molecule has 0 spiro atoms. The Labute approximate surface area is 183 Å². The Hall–Kier alpha value is -2.62. The van der Waals surface area contributed by atoms with Gasteiger partial charge >= 0.3 is 6.09 Å². The number of carbonyl (C=O) groups is 2. The number of ether oxygens (including phenoxy) is 1. The van der Waals surface area contributed by atoms with Crippen molar-refractivity contribution < 1.29 is 14.3 Å². The minimum absolute atomic E-state index is 0.0895. The monoisotopic (exact) mass is 415 g/mol. The number of amides is 1. The number of fused-ring (bicyclic) bond motifs is 5. The molecule has 2 bridgehead atoms. The third-order valence-electron chi connectivity index (χ3n) is 7.92. The lowest BCUT2D eigenvalue weighted by atomic mass is 9.85. The lowest BCUT2D eigenvalue weighted by Gasteiger charge is -2.37. The molecular weight excluding hydrogens is 386 g/mol. The van der Waals surface area contributed by atoms with Gasteiger partial charge in [0.25, 0.3) is 0 Å². The van der Waals surface area contributed by atoms with E-state index in [-0.39, 0.29) is 30.0 Å². The van der Waals surface area contributed by atoms with Gasteiger partial charge in [-0.25, -0.2) is 4.79 Å². The van der Waals surface area contributed by atoms with Crippen LogP contribution in [0.15, 0.2) is 48.5 Å². The maximum atomic E-state index is 13.1. The molecular formula is C27H29NO3. The predicted molar refractivity (Wildman–Crippen MR) is 119 cm³/mol. The molecule has 2 aromatic carbocycles. The summed E-state index contributed by atoms with van der Waals surface area (Å²) >= 11 is 0. The Morgan fingerprint density at radius 2 is 1.42 bits per heavy atom. The van der Waals surface area contributed by atoms with E-state index in [4.69, 9.17) is 4.74 Å². The molecule has 6 rings (SSSR count). The van der Waals surface area contributed by atoms with Crippen LogP contribution < -0.4 is 0 Å². The van der Waals surface area contributed by atoms with Crippen molar-refractivity contribution >= 4 is 11.9 Å². The van der Waals surface area contributed by atoms with Crippen LogP contribution in [0.3, 0.4) is 0 Å². The molecule has 1 saturated carbocycles. The van der Waals surface area contributed by atoms with Crippen molar-refractivity contribution in [1.29, 1.82) is 0 Å². The van der Waals surface area contributed by atoms with Gasteiger partial charge in [-0.3, -0.25) is 4.79 Å². The second-order valence-corrected chi connectivity index (χ2v) is 9.88. The highest BCUT2D eigenvalue weighted by Gasteiger charge is 2.46. The van der Waals surface area contributed by atoms with E-state index in [0.717, 1.165) is 32.1 Å². The van der Waals surface area contributed by atoms with Gasteiger partial charge in [-0.1, -0.05) is 48.5 Å². The number of hydrogen-bond acceptors (Lipinski definition) is 3. The summed E-state index contributed by atoms with van der Waals surface area (Å²) in [7, 11) is 0. The summed E-state index contributed by atoms with van der Waals surface area (Å²) in [5.41, 5.74) is 4.97. The first-order valence-corrected chi connectivity index (χ1v) is 11.8. The lowest BCUT2D eigenvalue weighted by molar-refractivity contribution is -0.125. The molecule has 160 valence electrons. The molecule has 2 saturated heterocycles. The van der Waals surface area contributed by atoms with Crippen LogP contribution in [-0.2, 0) is 9.53 Å². The van der Waals surface area contributed by atoms with Crippen molar-refractivity contribution in [3.63, 3.8) is 0 Å². The Bertz CT molecular complexity index is 967. The maximum Gasteiger partial charge on any atom is 0.410 e. The number of hydrogen-bond donors (Lipinski definition) is 0. The van der Waals surface area contributed by atoms with Crippen LogP contribution in [0.1, 0.15) is 62.0 Å². The van der Waals surface area contributed by atoms with Crippen LogP contribution in [0.4, 0.5) is 4.79 Å². The molecule has 4 heteroatoms. The summed E-state index contributed by atoms with van der Waals surface area (Å²) < 4.78 is 5.93. The highest BCUT2D eigenvalue weighted by molar-refractivity contribution is 5.82. The summed E-state index contributed by atoms with van der Waals surface area (Å²) in [5.74, 6) is 1.32. The Kier molecular flexibility index (Phi) is 4.62. The standard InChI is InChI=1S/C27H29NO3/c29-26(13-17-9-10-17)18-14-19-11-12-20(15-18)28(19)27(30)31-16-25-23-7-3-1-5-21(23)22-6-2-4-8-24(22)25/h1-8,17-20,25H,9-16H2. The van der Waals surface area contributed by atoms with Crippen LogP contribution in [0.25, 0.3) is 11.1 Å². The summed E-state index contributed by atoms with van der Waals surface area (Å²) in [6, 6.07) is 17.2. The van der Waals surface area contributed by atoms with Gasteiger partial charge in [0.1, 0.15) is 12.4 Å². The van der Waals surface area contributed by atoms with E-state index in [1.54, 1.807) is 0 Å². The fourth-order valence-corrected chi connectivity index (χ4v) is 6.18. The van der Waals surface area contributed by atoms with E-state index in [0.29, 0.717) is 18.3 Å². The van der Waals surface area contributed by atoms with Gasteiger partial charge in [0, 0.05) is 30.3 Å². The number of benzene rings is 2. The number of carbonyl (C=O) groups excluding carboxylic acids is 2. The summed E-state index contributed by atoms with van der Waals surface area (Å²) in [5, 5.41) is 0. The van der Waals surface area contributed by atoms with Gasteiger partial charge in [-0.15, -0.1) is 0 Å². The van der Waals surface area contributed by atoms with Crippen molar-refractivity contribution in [3.05, 3.63) is 59.7 Å². The zero-order chi connectivity index (χ0) is 20.9. The largest absolute Gasteiger partial charge is 0.448 e. The van der Waals surface area contributed by atoms with Crippen molar-refractivity contribution in [2.45, 2.75) is 62.9 Å². The number of piperidine rings is 1. The normalized spacial score (nSPS) is 26.5. The molecule has 4 nitrogen and oxygen atoms in total. The maximum absolute atomic E-state index is 13.1. The molecule has 2 aromatic rings. The minimum atomic E-state index is -0.192. The van der Waals surface area contributed by atoms with Crippen LogP contribution in [0, 0.1) is 11.8 Å². The van der Waals surface area contributed by atoms with Gasteiger partial charge in [-0.05, 0) is 66.7 Å². The third-order valence-corrected chi connectivity index (χ3v) is 7.92. The van der Waals surface area contributed by atoms with Crippen LogP contribution >= 0.6 is 0 Å². The van der Waals surface area contributed by atoms with Gasteiger partial charge in [0.2, 0.25) is 0 Å². The van der Waals surface area contributed by atoms with E-state index >= 15 is 0 Å². The van der Waals surface area contributed by atoms with Gasteiger partial charge in [0.05, 0.1) is 0 Å². The van der Waals surface area contributed by atoms with Crippen molar-refractivity contribution in [3.8, 4) is 11.1 Å². The quantitative estimate of drug-likeness (QED) is 0.643. The molecule has 1 amide bonds. The predicted octanol–water partition coefficient (Wildman–Crippen LogP) is 5.55. The number of rotatable bonds is 5. The number of nitrogens with zero attached hydrogens (tertiary/aromatic N) is 1. The van der Waals surface area contributed by atoms with Crippen molar-refractivity contribution in [2.24, 2.45) is 11.8 Å². The first-order chi connectivity index (χ1) is 15.2. The number of Topliss-reactive ketones (excluding diaryl/α,β-unsaturated/α-hetero) is 1. The minimum Gasteiger partial charge on any atom is -0.448 e. The topological polar surface area (TPSA) is 46.6 Å². The summed E-state index contributed by atoms with van der Waals surface area (Å²) in [4.78, 5) is 27.7. The molecule has 3 fully saturated rings. The molecule has 2 aliphatic heterocycles. The fourth-order valence-electron chi connectivity index (χ4n) is 6.18. The van der Waals surface area contributed by atoms with Crippen molar-refractivity contribution in [2.75, 3.05) is 6.61 Å². The fraction of sp³-hybridized carbons (Fsp3) is 0.481. The molecule has 4 aliphatic rings. The van der Waals surface area contributed by atoms with E-state index in [2.05, 4.69) is 48.5 Å². The Morgan fingerprint density at radius 1 is 0.839 bits per heavy atom. The number of ketones is 1. The average molecular weight is 416 g/mol. The smallest absolute Gasteiger partial charge is 0.410 e. The third kappa shape index (κ3) is 3.37. The van der Waals surface area contributed by atoms with Crippen LogP contribution in [0.2, 0.25) is 0 Å². The Morgan fingerprint density at radius 3 is 2.00 bits per heavy atom. The highest BCUT2D eigenvalue weighted by Crippen LogP contribution is 2.45. The van der Waals surface area contributed by atoms with Gasteiger partial charge in [0.15, 0.2) is 0 Å². The lowest BCUT2D eigenvalue weighted by Crippen LogP contribution is -2.48. The zero-order valence-electron chi connectivity index (χ0n) is 17.8. The molecule has 0 aromatic heterocycles. The SMILES string of the molecule is O=C(CC1CC1)C1CC2CCC(C1)N2C(=O)OCC1c2ccccc2-c2ccccc21. The second-order valence-electron chi connectivity index (χ2n) is 9.88. The van der Waals surface area contributed by atoms with E-state index in [9.17, 15) is 9.59 Å². The van der Waals surface area contributed by atoms with Crippen LogP contribution in [-0.4, -0.2) is 35.5 Å². The highest BCUT2D eigenvalue weighted by atomic mass is 16.6. The van der Waals surface area contributed by atoms with Crippen LogP contribution in [0.5, 0.6) is 0 Å². The molecule has 2 atom stereocenters. The van der Waals surface area contributed by atoms with E-state index in [1.165, 1.54) is 35.1 Å². The summed E-state index contributed by atoms with van der Waals surface area (Å²) in [6.45, 7) is 0.368. The summed E-state index contributed by atoms with van der Waals surface area (Å²) in [6.07, 6.45) is 6.66. The van der Waals surface area contributed by atoms with Crippen molar-refractivity contribution in [1.82, 2.24) is 4.90 Å². The first kappa shape index (κ1) is 19.1. The average Bonchev–Trinajstić information content (AvgIpc) is 3.50. The molecule has 2 unspecified atom stereocenters. The Balaban J connectivity index is 1.14. The van der Waals surface area contributed by atoms with E-state index in [1.807, 2.05) is 4.90 Å². The molecule has 0 radical (unpaired) electrons. The first-order valence-electron chi connectivity index (χ1n) is 11.8. The second kappa shape index (κ2) is 7.51. The van der Waals surface area contributed by atoms with Gasteiger partial charge < -0.3 is 9.64 Å². The molecule has 2 heterocycles. The van der Waals surface area contributed by atoms with Gasteiger partial charge in [-0.2, -0.15) is 0 Å². The molecule has 0 N–H and O–H groups in total. The molecule has 31 heavy (non-hydrogen) atoms. The molecule has 2 aliphatic carbocycles. The zero-order valence-corrected chi connectivity index (χ0v) is 17.8.